The van der Waals surface area contributed by atoms with Crippen LogP contribution in [-0.4, -0.2) is 37.4 Å². The van der Waals surface area contributed by atoms with E-state index >= 15 is 0 Å². The minimum absolute atomic E-state index is 0.0219. The van der Waals surface area contributed by atoms with Crippen LogP contribution in [0.25, 0.3) is 11.2 Å². The number of nitrogens with two attached hydrogens (primary N) is 1. The van der Waals surface area contributed by atoms with Gasteiger partial charge < -0.3 is 15.4 Å². The fourth-order valence-corrected chi connectivity index (χ4v) is 2.69. The molecule has 19 heavy (non-hydrogen) atoms. The van der Waals surface area contributed by atoms with Gasteiger partial charge in [-0.15, -0.1) is 0 Å². The number of fused-ring (bicyclic) bond motifs is 1. The molecule has 1 aliphatic carbocycles. The van der Waals surface area contributed by atoms with Crippen LogP contribution in [0.1, 0.15) is 18.9 Å². The van der Waals surface area contributed by atoms with Gasteiger partial charge in [0.05, 0.1) is 12.4 Å². The standard InChI is InChI=1S/C11H14FN5O2/c12-7-5(3-18)1-2-6(7)17-4-14-8-9(17)15-11(13)16-10(8)19/h4-7,18H,1-3H2,(H3,13,15,16,19)/t5-,6-,7-/m1/s1. The summed E-state index contributed by atoms with van der Waals surface area (Å²) in [5.41, 5.74) is 5.49. The topological polar surface area (TPSA) is 110 Å². The summed E-state index contributed by atoms with van der Waals surface area (Å²) in [5.74, 6) is -0.395. The Morgan fingerprint density at radius 1 is 1.58 bits per heavy atom. The smallest absolute Gasteiger partial charge is 0.280 e. The molecule has 3 rings (SSSR count). The predicted octanol–water partition coefficient (Wildman–Crippen LogP) is -0.0167. The van der Waals surface area contributed by atoms with Gasteiger partial charge in [-0.2, -0.15) is 4.98 Å². The summed E-state index contributed by atoms with van der Waals surface area (Å²) in [6, 6.07) is -0.462. The Morgan fingerprint density at radius 2 is 2.37 bits per heavy atom. The highest BCUT2D eigenvalue weighted by molar-refractivity contribution is 5.70. The number of aromatic amines is 1. The number of halogens is 1. The van der Waals surface area contributed by atoms with Gasteiger partial charge >= 0.3 is 0 Å². The van der Waals surface area contributed by atoms with E-state index in [9.17, 15) is 9.18 Å². The summed E-state index contributed by atoms with van der Waals surface area (Å²) >= 11 is 0. The number of rotatable bonds is 2. The van der Waals surface area contributed by atoms with Gasteiger partial charge in [0.15, 0.2) is 11.2 Å². The molecule has 2 aromatic heterocycles. The number of aromatic nitrogens is 4. The van der Waals surface area contributed by atoms with E-state index < -0.39 is 17.8 Å². The molecule has 1 aliphatic rings. The number of imidazole rings is 1. The second kappa shape index (κ2) is 4.30. The number of nitrogens with one attached hydrogen (secondary N) is 1. The van der Waals surface area contributed by atoms with Crippen LogP contribution >= 0.6 is 0 Å². The van der Waals surface area contributed by atoms with Crippen molar-refractivity contribution in [2.75, 3.05) is 12.3 Å². The van der Waals surface area contributed by atoms with Crippen molar-refractivity contribution in [1.29, 1.82) is 0 Å². The SMILES string of the molecule is Nc1nc2c(ncn2[C@@H]2CC[C@H](CO)[C@H]2F)c(=O)[nH]1. The summed E-state index contributed by atoms with van der Waals surface area (Å²) in [5, 5.41) is 9.10. The lowest BCUT2D eigenvalue weighted by molar-refractivity contribution is 0.141. The van der Waals surface area contributed by atoms with Gasteiger partial charge in [-0.1, -0.05) is 0 Å². The van der Waals surface area contributed by atoms with Crippen LogP contribution in [0, 0.1) is 5.92 Å². The number of aliphatic hydroxyl groups excluding tert-OH is 1. The average Bonchev–Trinajstić information content (AvgIpc) is 2.92. The molecule has 8 heteroatoms. The Hall–Kier alpha value is -1.96. The van der Waals surface area contributed by atoms with Crippen LogP contribution in [0.3, 0.4) is 0 Å². The molecule has 2 heterocycles. The molecule has 7 nitrogen and oxygen atoms in total. The van der Waals surface area contributed by atoms with Crippen LogP contribution in [0.15, 0.2) is 11.1 Å². The molecule has 0 radical (unpaired) electrons. The first-order valence-electron chi connectivity index (χ1n) is 6.09. The van der Waals surface area contributed by atoms with Crippen molar-refractivity contribution >= 4 is 17.1 Å². The Labute approximate surface area is 107 Å². The first-order valence-corrected chi connectivity index (χ1v) is 6.09. The zero-order chi connectivity index (χ0) is 13.6. The first kappa shape index (κ1) is 12.1. The van der Waals surface area contributed by atoms with E-state index in [4.69, 9.17) is 10.8 Å². The van der Waals surface area contributed by atoms with Crippen molar-refractivity contribution < 1.29 is 9.50 Å². The second-order valence-electron chi connectivity index (χ2n) is 4.81. The molecule has 0 amide bonds. The predicted molar refractivity (Wildman–Crippen MR) is 66.3 cm³/mol. The molecule has 0 unspecified atom stereocenters. The maximum atomic E-state index is 14.2. The number of nitrogens with zero attached hydrogens (tertiary/aromatic N) is 3. The van der Waals surface area contributed by atoms with E-state index in [0.717, 1.165) is 0 Å². The van der Waals surface area contributed by atoms with Crippen LogP contribution in [-0.2, 0) is 0 Å². The quantitative estimate of drug-likeness (QED) is 0.708. The number of H-pyrrole nitrogens is 1. The second-order valence-corrected chi connectivity index (χ2v) is 4.81. The van der Waals surface area contributed by atoms with Gasteiger partial charge in [-0.05, 0) is 12.8 Å². The minimum atomic E-state index is -1.18. The van der Waals surface area contributed by atoms with E-state index in [-0.39, 0.29) is 29.6 Å². The molecule has 0 aromatic carbocycles. The van der Waals surface area contributed by atoms with E-state index in [1.54, 1.807) is 4.57 Å². The summed E-state index contributed by atoms with van der Waals surface area (Å²) in [6.07, 6.45) is 1.40. The van der Waals surface area contributed by atoms with Crippen LogP contribution in [0.2, 0.25) is 0 Å². The van der Waals surface area contributed by atoms with E-state index in [1.165, 1.54) is 6.33 Å². The molecular formula is C11H14FN5O2. The summed E-state index contributed by atoms with van der Waals surface area (Å²) in [6.45, 7) is -0.180. The zero-order valence-corrected chi connectivity index (χ0v) is 10.1. The van der Waals surface area contributed by atoms with Gasteiger partial charge in [-0.3, -0.25) is 9.78 Å². The number of hydrogen-bond donors (Lipinski definition) is 3. The molecule has 0 aliphatic heterocycles. The molecule has 0 saturated heterocycles. The number of nitrogen functional groups attached to an aromatic ring is 1. The maximum Gasteiger partial charge on any atom is 0.280 e. The van der Waals surface area contributed by atoms with Crippen LogP contribution in [0.5, 0.6) is 0 Å². The van der Waals surface area contributed by atoms with Crippen molar-refractivity contribution in [2.45, 2.75) is 25.1 Å². The van der Waals surface area contributed by atoms with E-state index in [2.05, 4.69) is 15.0 Å². The highest BCUT2D eigenvalue weighted by Gasteiger charge is 2.38. The lowest BCUT2D eigenvalue weighted by atomic mass is 10.1. The molecule has 4 N–H and O–H groups in total. The van der Waals surface area contributed by atoms with Gasteiger partial charge in [0, 0.05) is 12.5 Å². The Balaban J connectivity index is 2.09. The van der Waals surface area contributed by atoms with Crippen molar-refractivity contribution in [3.8, 4) is 0 Å². The fraction of sp³-hybridized carbons (Fsp3) is 0.545. The van der Waals surface area contributed by atoms with Gasteiger partial charge in [-0.25, -0.2) is 9.37 Å². The Bertz CT molecular complexity index is 667. The molecule has 0 bridgehead atoms. The van der Waals surface area contributed by atoms with Gasteiger partial charge in [0.25, 0.3) is 5.56 Å². The number of anilines is 1. The maximum absolute atomic E-state index is 14.2. The number of hydrogen-bond acceptors (Lipinski definition) is 5. The van der Waals surface area contributed by atoms with Crippen LogP contribution < -0.4 is 11.3 Å². The largest absolute Gasteiger partial charge is 0.396 e. The monoisotopic (exact) mass is 267 g/mol. The third kappa shape index (κ3) is 1.79. The molecular weight excluding hydrogens is 253 g/mol. The highest BCUT2D eigenvalue weighted by Crippen LogP contribution is 2.38. The highest BCUT2D eigenvalue weighted by atomic mass is 19.1. The fourth-order valence-electron chi connectivity index (χ4n) is 2.69. The van der Waals surface area contributed by atoms with Gasteiger partial charge in [0.1, 0.15) is 6.17 Å². The lowest BCUT2D eigenvalue weighted by Crippen LogP contribution is -2.22. The molecule has 0 spiro atoms. The van der Waals surface area contributed by atoms with Gasteiger partial charge in [0.2, 0.25) is 5.95 Å². The summed E-state index contributed by atoms with van der Waals surface area (Å²) in [7, 11) is 0. The molecule has 1 saturated carbocycles. The van der Waals surface area contributed by atoms with E-state index in [0.29, 0.717) is 12.8 Å². The van der Waals surface area contributed by atoms with Crippen molar-refractivity contribution in [3.05, 3.63) is 16.7 Å². The molecule has 2 aromatic rings. The average molecular weight is 267 g/mol. The molecule has 1 fully saturated rings. The lowest BCUT2D eigenvalue weighted by Gasteiger charge is -2.17. The minimum Gasteiger partial charge on any atom is -0.396 e. The Morgan fingerprint density at radius 3 is 3.05 bits per heavy atom. The molecule has 3 atom stereocenters. The third-order valence-electron chi connectivity index (χ3n) is 3.69. The third-order valence-corrected chi connectivity index (χ3v) is 3.69. The number of aliphatic hydroxyl groups is 1. The first-order chi connectivity index (χ1) is 9.11. The van der Waals surface area contributed by atoms with Crippen molar-refractivity contribution in [2.24, 2.45) is 5.92 Å². The van der Waals surface area contributed by atoms with E-state index in [1.807, 2.05) is 0 Å². The summed E-state index contributed by atoms with van der Waals surface area (Å²) < 4.78 is 15.7. The normalized spacial score (nSPS) is 27.2. The zero-order valence-electron chi connectivity index (χ0n) is 10.1. The summed E-state index contributed by atoms with van der Waals surface area (Å²) in [4.78, 5) is 22.0. The molecule has 102 valence electrons. The van der Waals surface area contributed by atoms with Crippen molar-refractivity contribution in [3.63, 3.8) is 0 Å². The van der Waals surface area contributed by atoms with Crippen LogP contribution in [0.4, 0.5) is 10.3 Å². The Kier molecular flexibility index (Phi) is 2.74. The van der Waals surface area contributed by atoms with Crippen molar-refractivity contribution in [1.82, 2.24) is 19.5 Å². The number of alkyl halides is 1.